The van der Waals surface area contributed by atoms with Crippen molar-refractivity contribution in [3.63, 3.8) is 0 Å². The van der Waals surface area contributed by atoms with Gasteiger partial charge in [0.15, 0.2) is 11.5 Å². The Hall–Kier alpha value is -2.06. The summed E-state index contributed by atoms with van der Waals surface area (Å²) >= 11 is 5.58. The van der Waals surface area contributed by atoms with Crippen LogP contribution in [0.4, 0.5) is 0 Å². The van der Waals surface area contributed by atoms with Crippen molar-refractivity contribution in [2.75, 3.05) is 13.7 Å². The van der Waals surface area contributed by atoms with Crippen molar-refractivity contribution in [2.45, 2.75) is 0 Å². The number of rotatable bonds is 6. The lowest BCUT2D eigenvalue weighted by molar-refractivity contribution is -0.130. The van der Waals surface area contributed by atoms with Crippen LogP contribution in [-0.2, 0) is 9.53 Å². The van der Waals surface area contributed by atoms with Crippen molar-refractivity contribution < 1.29 is 19.0 Å². The lowest BCUT2D eigenvalue weighted by Gasteiger charge is -2.12. The van der Waals surface area contributed by atoms with Crippen molar-refractivity contribution in [1.82, 2.24) is 0 Å². The molecular weight excluding hydrogens is 523 g/mol. The lowest BCUT2D eigenvalue weighted by Crippen LogP contribution is -2.00. The van der Waals surface area contributed by atoms with Gasteiger partial charge in [-0.25, -0.2) is 4.79 Å². The molecule has 0 atom stereocenters. The Morgan fingerprint density at radius 1 is 1.26 bits per heavy atom. The summed E-state index contributed by atoms with van der Waals surface area (Å²) in [4.78, 5) is 12.3. The SMILES string of the molecule is C=CCOc1c(I)cc(/C=C2\C=C(c3ccc(Br)cc3)OC2=O)cc1OC. The summed E-state index contributed by atoms with van der Waals surface area (Å²) in [6, 6.07) is 11.3. The minimum atomic E-state index is -0.381. The number of benzene rings is 2. The average Bonchev–Trinajstić information content (AvgIpc) is 3.01. The summed E-state index contributed by atoms with van der Waals surface area (Å²) in [6.45, 7) is 4.04. The Bertz CT molecular complexity index is 945. The third-order valence-electron chi connectivity index (χ3n) is 3.77. The van der Waals surface area contributed by atoms with Gasteiger partial charge < -0.3 is 14.2 Å². The van der Waals surface area contributed by atoms with Crippen LogP contribution in [0.3, 0.4) is 0 Å². The van der Waals surface area contributed by atoms with Gasteiger partial charge in [-0.15, -0.1) is 0 Å². The molecule has 0 saturated heterocycles. The van der Waals surface area contributed by atoms with Gasteiger partial charge in [-0.05, 0) is 64.6 Å². The molecule has 2 aromatic carbocycles. The Morgan fingerprint density at radius 3 is 2.67 bits per heavy atom. The number of hydrogen-bond acceptors (Lipinski definition) is 4. The smallest absolute Gasteiger partial charge is 0.343 e. The first-order chi connectivity index (χ1) is 13.0. The minimum Gasteiger partial charge on any atom is -0.493 e. The molecule has 27 heavy (non-hydrogen) atoms. The Kier molecular flexibility index (Phi) is 6.38. The van der Waals surface area contributed by atoms with E-state index in [1.165, 1.54) is 0 Å². The van der Waals surface area contributed by atoms with Crippen LogP contribution in [0.5, 0.6) is 11.5 Å². The van der Waals surface area contributed by atoms with E-state index in [1.54, 1.807) is 25.3 Å². The highest BCUT2D eigenvalue weighted by Crippen LogP contribution is 2.35. The van der Waals surface area contributed by atoms with Crippen LogP contribution in [0, 0.1) is 3.57 Å². The zero-order valence-electron chi connectivity index (χ0n) is 14.5. The molecule has 0 spiro atoms. The fraction of sp³-hybridized carbons (Fsp3) is 0.0952. The fourth-order valence-electron chi connectivity index (χ4n) is 2.53. The molecule has 0 aliphatic carbocycles. The molecule has 0 radical (unpaired) electrons. The summed E-state index contributed by atoms with van der Waals surface area (Å²) in [6.07, 6.45) is 5.19. The van der Waals surface area contributed by atoms with Crippen LogP contribution >= 0.6 is 38.5 Å². The van der Waals surface area contributed by atoms with Crippen LogP contribution in [0.15, 0.2) is 65.2 Å². The number of carbonyl (C=O) groups is 1. The van der Waals surface area contributed by atoms with E-state index >= 15 is 0 Å². The molecule has 0 fully saturated rings. The van der Waals surface area contributed by atoms with Gasteiger partial charge in [-0.1, -0.05) is 40.7 Å². The normalized spacial score (nSPS) is 14.7. The number of halogens is 2. The van der Waals surface area contributed by atoms with E-state index < -0.39 is 0 Å². The molecule has 0 N–H and O–H groups in total. The van der Waals surface area contributed by atoms with Crippen molar-refractivity contribution in [3.8, 4) is 11.5 Å². The second-order valence-electron chi connectivity index (χ2n) is 5.64. The number of methoxy groups -OCH3 is 1. The quantitative estimate of drug-likeness (QED) is 0.207. The molecular formula is C21H16BrIO4. The summed E-state index contributed by atoms with van der Waals surface area (Å²) in [5.74, 6) is 1.40. The first-order valence-corrected chi connectivity index (χ1v) is 9.91. The highest BCUT2D eigenvalue weighted by Gasteiger charge is 2.22. The molecule has 4 nitrogen and oxygen atoms in total. The molecule has 0 unspecified atom stereocenters. The van der Waals surface area contributed by atoms with Gasteiger partial charge in [0.25, 0.3) is 0 Å². The maximum Gasteiger partial charge on any atom is 0.343 e. The summed E-state index contributed by atoms with van der Waals surface area (Å²) in [7, 11) is 1.58. The van der Waals surface area contributed by atoms with Crippen LogP contribution in [-0.4, -0.2) is 19.7 Å². The Balaban J connectivity index is 1.93. The molecule has 2 aromatic rings. The molecule has 0 amide bonds. The molecule has 1 aliphatic rings. The predicted octanol–water partition coefficient (Wildman–Crippen LogP) is 5.61. The van der Waals surface area contributed by atoms with E-state index in [4.69, 9.17) is 14.2 Å². The summed E-state index contributed by atoms with van der Waals surface area (Å²) in [5, 5.41) is 0. The zero-order valence-corrected chi connectivity index (χ0v) is 18.2. The molecule has 0 saturated carbocycles. The predicted molar refractivity (Wildman–Crippen MR) is 118 cm³/mol. The van der Waals surface area contributed by atoms with E-state index in [2.05, 4.69) is 45.1 Å². The van der Waals surface area contributed by atoms with Crippen LogP contribution < -0.4 is 9.47 Å². The van der Waals surface area contributed by atoms with E-state index in [9.17, 15) is 4.79 Å². The van der Waals surface area contributed by atoms with E-state index in [0.29, 0.717) is 29.4 Å². The topological polar surface area (TPSA) is 44.8 Å². The molecule has 1 aliphatic heterocycles. The van der Waals surface area contributed by atoms with Gasteiger partial charge >= 0.3 is 5.97 Å². The van der Waals surface area contributed by atoms with Gasteiger partial charge in [0.1, 0.15) is 12.4 Å². The van der Waals surface area contributed by atoms with E-state index in [0.717, 1.165) is 19.2 Å². The van der Waals surface area contributed by atoms with E-state index in [-0.39, 0.29) is 5.97 Å². The summed E-state index contributed by atoms with van der Waals surface area (Å²) < 4.78 is 18.3. The highest BCUT2D eigenvalue weighted by molar-refractivity contribution is 14.1. The zero-order chi connectivity index (χ0) is 19.4. The van der Waals surface area contributed by atoms with Gasteiger partial charge in [-0.3, -0.25) is 0 Å². The van der Waals surface area contributed by atoms with Crippen molar-refractivity contribution >= 4 is 56.3 Å². The maximum atomic E-state index is 12.3. The number of hydrogen-bond donors (Lipinski definition) is 0. The first kappa shape index (κ1) is 19.7. The lowest BCUT2D eigenvalue weighted by atomic mass is 10.1. The molecule has 0 bridgehead atoms. The number of ether oxygens (including phenoxy) is 3. The van der Waals surface area contributed by atoms with Gasteiger partial charge in [0, 0.05) is 10.0 Å². The Morgan fingerprint density at radius 2 is 2.00 bits per heavy atom. The average molecular weight is 539 g/mol. The number of carbonyl (C=O) groups excluding carboxylic acids is 1. The third kappa shape index (κ3) is 4.62. The number of esters is 1. The maximum absolute atomic E-state index is 12.3. The Labute approximate surface area is 179 Å². The van der Waals surface area contributed by atoms with Crippen LogP contribution in [0.25, 0.3) is 11.8 Å². The highest BCUT2D eigenvalue weighted by atomic mass is 127. The second kappa shape index (κ2) is 8.75. The van der Waals surface area contributed by atoms with Crippen molar-refractivity contribution in [3.05, 3.63) is 79.9 Å². The standard InChI is InChI=1S/C21H16BrIO4/c1-3-8-26-20-17(23)10-13(11-19(20)25-2)9-15-12-18(27-21(15)24)14-4-6-16(22)7-5-14/h3-7,9-12H,1,8H2,2H3/b15-9+. The van der Waals surface area contributed by atoms with Crippen molar-refractivity contribution in [2.24, 2.45) is 0 Å². The largest absolute Gasteiger partial charge is 0.493 e. The second-order valence-corrected chi connectivity index (χ2v) is 7.72. The van der Waals surface area contributed by atoms with Gasteiger partial charge in [0.05, 0.1) is 16.3 Å². The van der Waals surface area contributed by atoms with Crippen LogP contribution in [0.1, 0.15) is 11.1 Å². The molecule has 3 rings (SSSR count). The monoisotopic (exact) mass is 538 g/mol. The third-order valence-corrected chi connectivity index (χ3v) is 5.10. The van der Waals surface area contributed by atoms with E-state index in [1.807, 2.05) is 36.4 Å². The summed E-state index contributed by atoms with van der Waals surface area (Å²) in [5.41, 5.74) is 2.14. The number of cyclic esters (lactones) is 1. The molecule has 6 heteroatoms. The fourth-order valence-corrected chi connectivity index (χ4v) is 3.58. The molecule has 0 aromatic heterocycles. The van der Waals surface area contributed by atoms with Gasteiger partial charge in [0.2, 0.25) is 0 Å². The minimum absolute atomic E-state index is 0.381. The van der Waals surface area contributed by atoms with Crippen molar-refractivity contribution in [1.29, 1.82) is 0 Å². The molecule has 1 heterocycles. The first-order valence-electron chi connectivity index (χ1n) is 8.04. The molecule has 138 valence electrons. The van der Waals surface area contributed by atoms with Gasteiger partial charge in [-0.2, -0.15) is 0 Å². The van der Waals surface area contributed by atoms with Crippen LogP contribution in [0.2, 0.25) is 0 Å².